The van der Waals surface area contributed by atoms with Gasteiger partial charge < -0.3 is 5.11 Å². The predicted molar refractivity (Wildman–Crippen MR) is 86.9 cm³/mol. The van der Waals surface area contributed by atoms with Crippen molar-refractivity contribution < 1.29 is 5.11 Å². The molecular weight excluding hydrogens is 280 g/mol. The molecule has 0 amide bonds. The standard InChI is InChI=1S/C17H20N2OS/c1-17(2,3)13-6-4-12(5-7-13)8-15-10-19-14(11-20)9-18-16(19)21-15/h4-7,9-10,20H,8,11H2,1-3H3. The van der Waals surface area contributed by atoms with Crippen molar-refractivity contribution in [2.75, 3.05) is 0 Å². The molecule has 0 aliphatic heterocycles. The molecule has 1 aromatic carbocycles. The van der Waals surface area contributed by atoms with E-state index in [1.165, 1.54) is 16.0 Å². The third kappa shape index (κ3) is 2.87. The van der Waals surface area contributed by atoms with Crippen molar-refractivity contribution >= 4 is 16.3 Å². The molecule has 0 unspecified atom stereocenters. The zero-order chi connectivity index (χ0) is 15.0. The first-order valence-electron chi connectivity index (χ1n) is 7.12. The number of hydrogen-bond acceptors (Lipinski definition) is 3. The van der Waals surface area contributed by atoms with E-state index in [4.69, 9.17) is 0 Å². The van der Waals surface area contributed by atoms with Gasteiger partial charge in [-0.1, -0.05) is 45.0 Å². The van der Waals surface area contributed by atoms with E-state index in [0.29, 0.717) is 0 Å². The van der Waals surface area contributed by atoms with Gasteiger partial charge in [-0.3, -0.25) is 4.40 Å². The Balaban J connectivity index is 1.83. The van der Waals surface area contributed by atoms with Crippen molar-refractivity contribution in [3.05, 3.63) is 58.4 Å². The molecule has 0 spiro atoms. The SMILES string of the molecule is CC(C)(C)c1ccc(Cc2cn3c(CO)cnc3s2)cc1. The topological polar surface area (TPSA) is 37.5 Å². The summed E-state index contributed by atoms with van der Waals surface area (Å²) in [6, 6.07) is 8.84. The van der Waals surface area contributed by atoms with Crippen LogP contribution in [0.5, 0.6) is 0 Å². The van der Waals surface area contributed by atoms with Gasteiger partial charge in [0.15, 0.2) is 4.96 Å². The van der Waals surface area contributed by atoms with Gasteiger partial charge in [-0.05, 0) is 16.5 Å². The molecule has 3 rings (SSSR count). The maximum absolute atomic E-state index is 9.27. The summed E-state index contributed by atoms with van der Waals surface area (Å²) in [7, 11) is 0. The Morgan fingerprint density at radius 3 is 2.52 bits per heavy atom. The van der Waals surface area contributed by atoms with Gasteiger partial charge in [0, 0.05) is 17.5 Å². The Labute approximate surface area is 128 Å². The zero-order valence-corrected chi connectivity index (χ0v) is 13.4. The van der Waals surface area contributed by atoms with E-state index in [-0.39, 0.29) is 12.0 Å². The lowest BCUT2D eigenvalue weighted by molar-refractivity contribution is 0.276. The first kappa shape index (κ1) is 14.3. The van der Waals surface area contributed by atoms with Crippen molar-refractivity contribution in [3.8, 4) is 0 Å². The van der Waals surface area contributed by atoms with Gasteiger partial charge >= 0.3 is 0 Å². The summed E-state index contributed by atoms with van der Waals surface area (Å²) >= 11 is 1.68. The number of fused-ring (bicyclic) bond motifs is 1. The van der Waals surface area contributed by atoms with Crippen LogP contribution in [0.2, 0.25) is 0 Å². The van der Waals surface area contributed by atoms with Crippen LogP contribution in [0.25, 0.3) is 4.96 Å². The normalized spacial score (nSPS) is 12.2. The van der Waals surface area contributed by atoms with Gasteiger partial charge in [0.05, 0.1) is 18.5 Å². The van der Waals surface area contributed by atoms with Gasteiger partial charge in [0.2, 0.25) is 0 Å². The van der Waals surface area contributed by atoms with Crippen molar-refractivity contribution in [3.63, 3.8) is 0 Å². The fourth-order valence-electron chi connectivity index (χ4n) is 2.40. The van der Waals surface area contributed by atoms with Crippen LogP contribution in [0.4, 0.5) is 0 Å². The van der Waals surface area contributed by atoms with Crippen LogP contribution < -0.4 is 0 Å². The summed E-state index contributed by atoms with van der Waals surface area (Å²) in [6.45, 7) is 6.71. The molecule has 0 aliphatic carbocycles. The smallest absolute Gasteiger partial charge is 0.194 e. The Hall–Kier alpha value is -1.65. The van der Waals surface area contributed by atoms with Crippen LogP contribution in [-0.2, 0) is 18.4 Å². The molecule has 2 heterocycles. The van der Waals surface area contributed by atoms with E-state index >= 15 is 0 Å². The summed E-state index contributed by atoms with van der Waals surface area (Å²) in [5, 5.41) is 9.27. The van der Waals surface area contributed by atoms with Crippen molar-refractivity contribution in [2.45, 2.75) is 39.2 Å². The highest BCUT2D eigenvalue weighted by molar-refractivity contribution is 7.17. The molecule has 21 heavy (non-hydrogen) atoms. The highest BCUT2D eigenvalue weighted by atomic mass is 32.1. The average Bonchev–Trinajstić information content (AvgIpc) is 2.97. The third-order valence-electron chi connectivity index (χ3n) is 3.70. The molecule has 1 N–H and O–H groups in total. The molecule has 3 aromatic rings. The quantitative estimate of drug-likeness (QED) is 0.799. The third-order valence-corrected chi connectivity index (χ3v) is 4.69. The number of benzene rings is 1. The molecule has 0 saturated carbocycles. The number of nitrogens with zero attached hydrogens (tertiary/aromatic N) is 2. The summed E-state index contributed by atoms with van der Waals surface area (Å²) in [5.41, 5.74) is 3.70. The minimum atomic E-state index is 0.0254. The molecule has 2 aromatic heterocycles. The molecule has 0 fully saturated rings. The van der Waals surface area contributed by atoms with Gasteiger partial charge in [0.1, 0.15) is 0 Å². The summed E-state index contributed by atoms with van der Waals surface area (Å²) < 4.78 is 1.98. The molecule has 4 heteroatoms. The lowest BCUT2D eigenvalue weighted by atomic mass is 9.86. The number of aliphatic hydroxyl groups excluding tert-OH is 1. The summed E-state index contributed by atoms with van der Waals surface area (Å²) in [5.74, 6) is 0. The van der Waals surface area contributed by atoms with E-state index in [9.17, 15) is 5.11 Å². The van der Waals surface area contributed by atoms with Crippen LogP contribution in [0.1, 0.15) is 42.5 Å². The average molecular weight is 300 g/mol. The minimum absolute atomic E-state index is 0.0254. The number of aliphatic hydroxyl groups is 1. The fraction of sp³-hybridized carbons (Fsp3) is 0.353. The Kier molecular flexibility index (Phi) is 3.59. The highest BCUT2D eigenvalue weighted by Gasteiger charge is 2.13. The molecule has 3 nitrogen and oxygen atoms in total. The van der Waals surface area contributed by atoms with Crippen LogP contribution in [0.3, 0.4) is 0 Å². The van der Waals surface area contributed by atoms with Gasteiger partial charge in [-0.15, -0.1) is 11.3 Å². The molecule has 0 bridgehead atoms. The minimum Gasteiger partial charge on any atom is -0.390 e. The van der Waals surface area contributed by atoms with Crippen LogP contribution >= 0.6 is 11.3 Å². The van der Waals surface area contributed by atoms with E-state index in [2.05, 4.69) is 56.2 Å². The molecule has 0 aliphatic rings. The van der Waals surface area contributed by atoms with Crippen LogP contribution in [-0.4, -0.2) is 14.5 Å². The van der Waals surface area contributed by atoms with Crippen LogP contribution in [0.15, 0.2) is 36.7 Å². The molecule has 0 saturated heterocycles. The fourth-order valence-corrected chi connectivity index (χ4v) is 3.41. The van der Waals surface area contributed by atoms with E-state index in [1.807, 2.05) is 4.40 Å². The lowest BCUT2D eigenvalue weighted by Gasteiger charge is -2.19. The summed E-state index contributed by atoms with van der Waals surface area (Å²) in [4.78, 5) is 6.52. The Morgan fingerprint density at radius 1 is 1.19 bits per heavy atom. The first-order chi connectivity index (χ1) is 9.97. The second-order valence-electron chi connectivity index (χ2n) is 6.38. The summed E-state index contributed by atoms with van der Waals surface area (Å²) in [6.07, 6.45) is 4.72. The van der Waals surface area contributed by atoms with Gasteiger partial charge in [0.25, 0.3) is 0 Å². The van der Waals surface area contributed by atoms with E-state index < -0.39 is 0 Å². The Morgan fingerprint density at radius 2 is 1.90 bits per heavy atom. The van der Waals surface area contributed by atoms with Crippen molar-refractivity contribution in [1.82, 2.24) is 9.38 Å². The molecule has 0 radical (unpaired) electrons. The molecule has 110 valence electrons. The second-order valence-corrected chi connectivity index (χ2v) is 7.48. The number of thiazole rings is 1. The second kappa shape index (κ2) is 5.28. The van der Waals surface area contributed by atoms with E-state index in [1.54, 1.807) is 17.5 Å². The Bertz CT molecular complexity index is 747. The van der Waals surface area contributed by atoms with Crippen molar-refractivity contribution in [1.29, 1.82) is 0 Å². The number of rotatable bonds is 3. The van der Waals surface area contributed by atoms with E-state index in [0.717, 1.165) is 17.1 Å². The molecule has 0 atom stereocenters. The molecular formula is C17H20N2OS. The van der Waals surface area contributed by atoms with Crippen LogP contribution in [0, 0.1) is 0 Å². The largest absolute Gasteiger partial charge is 0.390 e. The van der Waals surface area contributed by atoms with Gasteiger partial charge in [-0.25, -0.2) is 4.98 Å². The zero-order valence-electron chi connectivity index (χ0n) is 12.6. The predicted octanol–water partition coefficient (Wildman–Crippen LogP) is 3.78. The van der Waals surface area contributed by atoms with Gasteiger partial charge in [-0.2, -0.15) is 0 Å². The first-order valence-corrected chi connectivity index (χ1v) is 7.94. The highest BCUT2D eigenvalue weighted by Crippen LogP contribution is 2.25. The number of aromatic nitrogens is 2. The maximum atomic E-state index is 9.27. The van der Waals surface area contributed by atoms with Crippen molar-refractivity contribution in [2.24, 2.45) is 0 Å². The monoisotopic (exact) mass is 300 g/mol. The number of imidazole rings is 1. The maximum Gasteiger partial charge on any atom is 0.194 e. The lowest BCUT2D eigenvalue weighted by Crippen LogP contribution is -2.10. The number of hydrogen-bond donors (Lipinski definition) is 1.